The van der Waals surface area contributed by atoms with Gasteiger partial charge in [-0.2, -0.15) is 0 Å². The lowest BCUT2D eigenvalue weighted by Crippen LogP contribution is -2.21. The summed E-state index contributed by atoms with van der Waals surface area (Å²) in [5, 5.41) is 10.3. The Kier molecular flexibility index (Phi) is 4.39. The lowest BCUT2D eigenvalue weighted by molar-refractivity contribution is 0.197. The Morgan fingerprint density at radius 2 is 2.07 bits per heavy atom. The minimum Gasteiger partial charge on any atom is -0.386 e. The topological polar surface area (TPSA) is 54.4 Å². The van der Waals surface area contributed by atoms with Crippen molar-refractivity contribution in [3.8, 4) is 0 Å². The van der Waals surface area contributed by atoms with Gasteiger partial charge in [-0.3, -0.25) is 0 Å². The van der Waals surface area contributed by atoms with Gasteiger partial charge in [-0.15, -0.1) is 0 Å². The zero-order valence-electron chi connectivity index (χ0n) is 7.89. The zero-order chi connectivity index (χ0) is 11.6. The fourth-order valence-electron chi connectivity index (χ4n) is 1.08. The summed E-state index contributed by atoms with van der Waals surface area (Å²) in [6.07, 6.45) is 0.0389. The highest BCUT2D eigenvalue weighted by Gasteiger charge is 2.27. The fourth-order valence-corrected chi connectivity index (χ4v) is 2.32. The first kappa shape index (κ1) is 13.2. The average Bonchev–Trinajstić information content (AvgIpc) is 2.14. The van der Waals surface area contributed by atoms with E-state index in [1.54, 1.807) is 46.9 Å². The second kappa shape index (κ2) is 4.99. The zero-order valence-corrected chi connectivity index (χ0v) is 11.6. The third kappa shape index (κ3) is 3.58. The van der Waals surface area contributed by atoms with Gasteiger partial charge < -0.3 is 5.11 Å². The van der Waals surface area contributed by atoms with Crippen molar-refractivity contribution in [2.75, 3.05) is 6.26 Å². The van der Waals surface area contributed by atoms with E-state index >= 15 is 0 Å². The van der Waals surface area contributed by atoms with E-state index in [-0.39, 0.29) is 0 Å². The predicted octanol–water partition coefficient (Wildman–Crippen LogP) is 2.18. The summed E-state index contributed by atoms with van der Waals surface area (Å²) in [5.41, 5.74) is 0.507. The second-order valence-electron chi connectivity index (χ2n) is 3.18. The molecule has 84 valence electrons. The van der Waals surface area contributed by atoms with Crippen molar-refractivity contribution in [1.29, 1.82) is 0 Å². The summed E-state index contributed by atoms with van der Waals surface area (Å²) >= 11 is 7.45. The molecule has 0 saturated heterocycles. The fraction of sp³-hybridized carbons (Fsp3) is 0.333. The molecule has 1 aromatic carbocycles. The number of aliphatic hydroxyl groups is 1. The maximum Gasteiger partial charge on any atom is 0.162 e. The third-order valence-electron chi connectivity index (χ3n) is 1.85. The van der Waals surface area contributed by atoms with Gasteiger partial charge in [0.05, 0.1) is 0 Å². The van der Waals surface area contributed by atoms with Crippen molar-refractivity contribution >= 4 is 44.0 Å². The van der Waals surface area contributed by atoms with Crippen LogP contribution < -0.4 is 0 Å². The summed E-state index contributed by atoms with van der Waals surface area (Å²) < 4.78 is 21.6. The Morgan fingerprint density at radius 1 is 1.47 bits per heavy atom. The quantitative estimate of drug-likeness (QED) is 0.664. The first-order valence-electron chi connectivity index (χ1n) is 4.09. The molecular formula is C9H10ClIO3S. The molecule has 15 heavy (non-hydrogen) atoms. The smallest absolute Gasteiger partial charge is 0.162 e. The van der Waals surface area contributed by atoms with E-state index in [9.17, 15) is 13.5 Å². The van der Waals surface area contributed by atoms with E-state index < -0.39 is 19.2 Å². The van der Waals surface area contributed by atoms with Gasteiger partial charge in [0.25, 0.3) is 0 Å². The molecule has 0 aliphatic heterocycles. The van der Waals surface area contributed by atoms with Crippen molar-refractivity contribution in [3.05, 3.63) is 34.9 Å². The van der Waals surface area contributed by atoms with Crippen LogP contribution in [0.1, 0.15) is 11.7 Å². The Hall–Kier alpha value is 0.150. The van der Waals surface area contributed by atoms with Crippen LogP contribution in [-0.2, 0) is 9.84 Å². The van der Waals surface area contributed by atoms with E-state index in [0.29, 0.717) is 10.6 Å². The van der Waals surface area contributed by atoms with Crippen molar-refractivity contribution in [3.63, 3.8) is 0 Å². The first-order chi connectivity index (χ1) is 6.82. The SMILES string of the molecule is CS(=O)(=O)[C@@H](I)[C@H](O)c1cccc(Cl)c1. The summed E-state index contributed by atoms with van der Waals surface area (Å²) in [6.45, 7) is 0. The number of aliphatic hydroxyl groups excluding tert-OH is 1. The van der Waals surface area contributed by atoms with Gasteiger partial charge >= 0.3 is 0 Å². The molecule has 0 amide bonds. The van der Waals surface area contributed by atoms with Crippen molar-refractivity contribution in [1.82, 2.24) is 0 Å². The number of sulfone groups is 1. The lowest BCUT2D eigenvalue weighted by Gasteiger charge is -2.16. The summed E-state index contributed by atoms with van der Waals surface area (Å²) in [7, 11) is -3.27. The van der Waals surface area contributed by atoms with Crippen LogP contribution in [0.25, 0.3) is 0 Å². The van der Waals surface area contributed by atoms with Gasteiger partial charge in [0.1, 0.15) is 9.36 Å². The molecular weight excluding hydrogens is 351 g/mol. The Morgan fingerprint density at radius 3 is 2.53 bits per heavy atom. The van der Waals surface area contributed by atoms with E-state index in [0.717, 1.165) is 6.26 Å². The van der Waals surface area contributed by atoms with Gasteiger partial charge in [-0.1, -0.05) is 46.3 Å². The predicted molar refractivity (Wildman–Crippen MR) is 69.1 cm³/mol. The monoisotopic (exact) mass is 360 g/mol. The third-order valence-corrected chi connectivity index (χ3v) is 6.61. The highest BCUT2D eigenvalue weighted by Crippen LogP contribution is 2.27. The van der Waals surface area contributed by atoms with Crippen molar-refractivity contribution < 1.29 is 13.5 Å². The largest absolute Gasteiger partial charge is 0.386 e. The molecule has 0 heterocycles. The van der Waals surface area contributed by atoms with E-state index in [4.69, 9.17) is 11.6 Å². The molecule has 0 unspecified atom stereocenters. The maximum atomic E-state index is 11.2. The molecule has 0 radical (unpaired) electrons. The molecule has 0 saturated carbocycles. The normalized spacial score (nSPS) is 16.0. The van der Waals surface area contributed by atoms with Crippen LogP contribution in [0.5, 0.6) is 0 Å². The standard InChI is InChI=1S/C9H10ClIO3S/c1-15(13,14)9(11)8(12)6-3-2-4-7(10)5-6/h2-5,8-9,12H,1H3/t8-,9-/m1/s1. The maximum absolute atomic E-state index is 11.2. The molecule has 2 atom stereocenters. The Labute approximate surface area is 108 Å². The Balaban J connectivity index is 3.00. The van der Waals surface area contributed by atoms with Gasteiger partial charge in [0.2, 0.25) is 0 Å². The van der Waals surface area contributed by atoms with E-state index in [1.807, 2.05) is 0 Å². The molecule has 6 heteroatoms. The molecule has 1 N–H and O–H groups in total. The minimum atomic E-state index is -3.27. The summed E-state index contributed by atoms with van der Waals surface area (Å²) in [5.74, 6) is 0. The Bertz CT molecular complexity index is 446. The molecule has 0 aliphatic carbocycles. The van der Waals surface area contributed by atoms with Crippen molar-refractivity contribution in [2.45, 2.75) is 9.36 Å². The van der Waals surface area contributed by atoms with Gasteiger partial charge in [0.15, 0.2) is 9.84 Å². The molecule has 0 aromatic heterocycles. The average molecular weight is 361 g/mol. The van der Waals surface area contributed by atoms with Crippen LogP contribution in [0.4, 0.5) is 0 Å². The van der Waals surface area contributed by atoms with Crippen LogP contribution in [0.3, 0.4) is 0 Å². The number of hydrogen-bond donors (Lipinski definition) is 1. The molecule has 3 nitrogen and oxygen atoms in total. The number of halogens is 2. The molecule has 0 spiro atoms. The number of benzene rings is 1. The molecule has 0 bridgehead atoms. The van der Waals surface area contributed by atoms with Gasteiger partial charge in [-0.05, 0) is 17.7 Å². The van der Waals surface area contributed by atoms with Crippen LogP contribution in [0.15, 0.2) is 24.3 Å². The highest BCUT2D eigenvalue weighted by molar-refractivity contribution is 14.1. The van der Waals surface area contributed by atoms with Crippen LogP contribution in [0.2, 0.25) is 5.02 Å². The summed E-state index contributed by atoms with van der Waals surface area (Å²) in [4.78, 5) is 0. The molecule has 0 aliphatic rings. The van der Waals surface area contributed by atoms with Crippen LogP contribution in [0, 0.1) is 0 Å². The van der Waals surface area contributed by atoms with Crippen LogP contribution >= 0.6 is 34.2 Å². The number of rotatable bonds is 3. The first-order valence-corrected chi connectivity index (χ1v) is 7.66. The van der Waals surface area contributed by atoms with Crippen molar-refractivity contribution in [2.24, 2.45) is 0 Å². The van der Waals surface area contributed by atoms with E-state index in [1.165, 1.54) is 0 Å². The number of hydrogen-bond acceptors (Lipinski definition) is 3. The summed E-state index contributed by atoms with van der Waals surface area (Å²) in [6, 6.07) is 6.55. The van der Waals surface area contributed by atoms with Gasteiger partial charge in [0, 0.05) is 11.3 Å². The molecule has 1 aromatic rings. The van der Waals surface area contributed by atoms with Crippen LogP contribution in [-0.4, -0.2) is 23.0 Å². The lowest BCUT2D eigenvalue weighted by atomic mass is 10.1. The minimum absolute atomic E-state index is 0.476. The van der Waals surface area contributed by atoms with Gasteiger partial charge in [-0.25, -0.2) is 8.42 Å². The second-order valence-corrected chi connectivity index (χ2v) is 7.97. The highest BCUT2D eigenvalue weighted by atomic mass is 127. The van der Waals surface area contributed by atoms with E-state index in [2.05, 4.69) is 0 Å². The number of alkyl halides is 1. The molecule has 1 rings (SSSR count). The molecule has 0 fully saturated rings.